The van der Waals surface area contributed by atoms with Gasteiger partial charge in [0, 0.05) is 5.75 Å². The average Bonchev–Trinajstić information content (AvgIpc) is 2.87. The Morgan fingerprint density at radius 1 is 0.632 bits per heavy atom. The molecule has 9 heteroatoms. The van der Waals surface area contributed by atoms with Gasteiger partial charge in [0.2, 0.25) is 0 Å². The summed E-state index contributed by atoms with van der Waals surface area (Å²) in [6.45, 7) is 2.33. The van der Waals surface area contributed by atoms with Crippen LogP contribution in [-0.2, 0) is 19.6 Å². The van der Waals surface area contributed by atoms with Gasteiger partial charge < -0.3 is 14.0 Å². The molecule has 7 nitrogen and oxygen atoms in total. The average molecular weight is 563 g/mol. The van der Waals surface area contributed by atoms with Crippen molar-refractivity contribution in [1.82, 2.24) is 0 Å². The molecule has 0 unspecified atom stereocenters. The maximum atomic E-state index is 12.4. The van der Waals surface area contributed by atoms with Crippen LogP contribution in [0.15, 0.2) is 24.3 Å². The summed E-state index contributed by atoms with van der Waals surface area (Å²) in [6, 6.07) is 6.18. The van der Waals surface area contributed by atoms with Gasteiger partial charge in [-0.05, 0) is 25.0 Å². The molecule has 0 spiro atoms. The first-order chi connectivity index (χ1) is 17.8. The molecule has 1 aromatic rings. The van der Waals surface area contributed by atoms with E-state index >= 15 is 0 Å². The van der Waals surface area contributed by atoms with Crippen LogP contribution in [0.3, 0.4) is 0 Å². The molecule has 0 atom stereocenters. The van der Waals surface area contributed by atoms with Crippen LogP contribution in [0, 0.1) is 0 Å². The van der Waals surface area contributed by atoms with E-state index in [-0.39, 0.29) is 53.7 Å². The number of hydrogen-bond acceptors (Lipinski definition) is 7. The Hall–Kier alpha value is -0.930. The summed E-state index contributed by atoms with van der Waals surface area (Å²) in [7, 11) is -4.35. The SMILES string of the molecule is CCCCCCCCCCCCCCCCCCOC(=O)c1ccccc1C(=O)OCCCS(=O)(=O)[O-].[Na+]. The van der Waals surface area contributed by atoms with Crippen molar-refractivity contribution in [3.05, 3.63) is 35.4 Å². The topological polar surface area (TPSA) is 110 Å². The molecule has 0 aliphatic heterocycles. The van der Waals surface area contributed by atoms with E-state index in [2.05, 4.69) is 6.92 Å². The number of unbranched alkanes of at least 4 members (excludes halogenated alkanes) is 15. The first-order valence-corrected chi connectivity index (χ1v) is 15.8. The van der Waals surface area contributed by atoms with Crippen molar-refractivity contribution in [2.75, 3.05) is 19.0 Å². The molecule has 212 valence electrons. The van der Waals surface area contributed by atoms with Crippen molar-refractivity contribution in [3.63, 3.8) is 0 Å². The second-order valence-electron chi connectivity index (χ2n) is 9.74. The Morgan fingerprint density at radius 3 is 1.34 bits per heavy atom. The number of ether oxygens (including phenoxy) is 2. The summed E-state index contributed by atoms with van der Waals surface area (Å²) < 4.78 is 42.2. The van der Waals surface area contributed by atoms with Crippen molar-refractivity contribution < 1.29 is 61.6 Å². The van der Waals surface area contributed by atoms with E-state index in [1.54, 1.807) is 12.1 Å². The summed E-state index contributed by atoms with van der Waals surface area (Å²) >= 11 is 0. The summed E-state index contributed by atoms with van der Waals surface area (Å²) in [5.74, 6) is -1.95. The van der Waals surface area contributed by atoms with Gasteiger partial charge in [-0.15, -0.1) is 0 Å². The molecule has 1 rings (SSSR count). The maximum Gasteiger partial charge on any atom is 1.00 e. The molecule has 1 aromatic carbocycles. The van der Waals surface area contributed by atoms with Crippen molar-refractivity contribution in [2.45, 2.75) is 116 Å². The number of rotatable bonds is 23. The minimum atomic E-state index is -4.35. The monoisotopic (exact) mass is 562 g/mol. The van der Waals surface area contributed by atoms with Crippen molar-refractivity contribution in [2.24, 2.45) is 0 Å². The van der Waals surface area contributed by atoms with Gasteiger partial charge >= 0.3 is 41.5 Å². The molecular formula is C29H47NaO7S. The molecule has 38 heavy (non-hydrogen) atoms. The number of hydrogen-bond donors (Lipinski definition) is 0. The van der Waals surface area contributed by atoms with E-state index in [9.17, 15) is 22.6 Å². The minimum absolute atomic E-state index is 0. The number of esters is 2. The van der Waals surface area contributed by atoms with Gasteiger partial charge in [-0.3, -0.25) is 0 Å². The molecule has 0 saturated heterocycles. The third-order valence-corrected chi connectivity index (χ3v) is 7.16. The van der Waals surface area contributed by atoms with Gasteiger partial charge in [0.15, 0.2) is 0 Å². The fraction of sp³-hybridized carbons (Fsp3) is 0.724. The molecule has 0 bridgehead atoms. The maximum absolute atomic E-state index is 12.4. The predicted octanol–water partition coefficient (Wildman–Crippen LogP) is 4.20. The first kappa shape index (κ1) is 37.1. The zero-order valence-electron chi connectivity index (χ0n) is 23.7. The number of benzene rings is 1. The Balaban J connectivity index is 0.0000137. The summed E-state index contributed by atoms with van der Waals surface area (Å²) in [5, 5.41) is 0. The van der Waals surface area contributed by atoms with E-state index in [0.717, 1.165) is 19.3 Å². The van der Waals surface area contributed by atoms with Crippen LogP contribution in [0.1, 0.15) is 137 Å². The van der Waals surface area contributed by atoms with Crippen LogP contribution >= 0.6 is 0 Å². The fourth-order valence-electron chi connectivity index (χ4n) is 4.21. The third-order valence-electron chi connectivity index (χ3n) is 6.37. The quantitative estimate of drug-likeness (QED) is 0.0851. The molecule has 0 saturated carbocycles. The zero-order chi connectivity index (χ0) is 27.2. The molecule has 0 N–H and O–H groups in total. The van der Waals surface area contributed by atoms with Gasteiger partial charge in [-0.25, -0.2) is 18.0 Å². The fourth-order valence-corrected chi connectivity index (χ4v) is 4.68. The smallest absolute Gasteiger partial charge is 0.748 e. The van der Waals surface area contributed by atoms with E-state index in [1.807, 2.05) is 0 Å². The largest absolute Gasteiger partial charge is 1.00 e. The first-order valence-electron chi connectivity index (χ1n) is 14.2. The van der Waals surface area contributed by atoms with Gasteiger partial charge in [-0.2, -0.15) is 0 Å². The molecule has 0 aliphatic rings. The van der Waals surface area contributed by atoms with E-state index < -0.39 is 27.8 Å². The van der Waals surface area contributed by atoms with Crippen LogP contribution in [0.5, 0.6) is 0 Å². The standard InChI is InChI=1S/C29H48O7S.Na/c1-2-3-4-5-6-7-8-9-10-11-12-13-14-15-16-19-23-35-28(30)26-21-17-18-22-27(26)29(31)36-24-20-25-37(32,33)34;/h17-18,21-22H,2-16,19-20,23-25H2,1H3,(H,32,33,34);/q;+1/p-1. The van der Waals surface area contributed by atoms with Crippen molar-refractivity contribution >= 4 is 22.1 Å². The van der Waals surface area contributed by atoms with Gasteiger partial charge in [0.05, 0.1) is 34.5 Å². The molecule has 0 aromatic heterocycles. The normalized spacial score (nSPS) is 11.1. The number of carbonyl (C=O) groups is 2. The molecule has 0 radical (unpaired) electrons. The van der Waals surface area contributed by atoms with Crippen LogP contribution in [0.25, 0.3) is 0 Å². The third kappa shape index (κ3) is 20.0. The van der Waals surface area contributed by atoms with E-state index in [1.165, 1.54) is 95.6 Å². The van der Waals surface area contributed by atoms with Crippen LogP contribution < -0.4 is 29.6 Å². The Kier molecular flexibility index (Phi) is 23.3. The minimum Gasteiger partial charge on any atom is -0.748 e. The van der Waals surface area contributed by atoms with E-state index in [4.69, 9.17) is 9.47 Å². The van der Waals surface area contributed by atoms with Crippen molar-refractivity contribution in [1.29, 1.82) is 0 Å². The molecule has 0 amide bonds. The van der Waals surface area contributed by atoms with Crippen LogP contribution in [0.4, 0.5) is 0 Å². The Labute approximate surface area is 252 Å². The van der Waals surface area contributed by atoms with Gasteiger partial charge in [-0.1, -0.05) is 115 Å². The molecule has 0 fully saturated rings. The van der Waals surface area contributed by atoms with Crippen LogP contribution in [0.2, 0.25) is 0 Å². The van der Waals surface area contributed by atoms with E-state index in [0.29, 0.717) is 6.61 Å². The Bertz CT molecular complexity index is 858. The second kappa shape index (κ2) is 23.9. The summed E-state index contributed by atoms with van der Waals surface area (Å²) in [4.78, 5) is 24.7. The Morgan fingerprint density at radius 2 is 0.974 bits per heavy atom. The number of carbonyl (C=O) groups excluding carboxylic acids is 2. The van der Waals surface area contributed by atoms with Gasteiger partial charge in [0.1, 0.15) is 0 Å². The van der Waals surface area contributed by atoms with Gasteiger partial charge in [0.25, 0.3) is 0 Å². The molecule has 0 aliphatic carbocycles. The van der Waals surface area contributed by atoms with Crippen molar-refractivity contribution in [3.8, 4) is 0 Å². The molecule has 0 heterocycles. The summed E-state index contributed by atoms with van der Waals surface area (Å²) in [5.41, 5.74) is 0.171. The predicted molar refractivity (Wildman–Crippen MR) is 146 cm³/mol. The zero-order valence-corrected chi connectivity index (χ0v) is 26.5. The van der Waals surface area contributed by atoms with Crippen LogP contribution in [-0.4, -0.2) is 43.9 Å². The summed E-state index contributed by atoms with van der Waals surface area (Å²) in [6.07, 6.45) is 20.3. The second-order valence-corrected chi connectivity index (χ2v) is 11.3. The molecular weight excluding hydrogens is 515 g/mol.